The highest BCUT2D eigenvalue weighted by Gasteiger charge is 2.36. The van der Waals surface area contributed by atoms with E-state index in [1.807, 2.05) is 13.8 Å². The first-order chi connectivity index (χ1) is 7.75. The van der Waals surface area contributed by atoms with Crippen molar-refractivity contribution in [1.29, 1.82) is 0 Å². The Morgan fingerprint density at radius 1 is 1.29 bits per heavy atom. The van der Waals surface area contributed by atoms with Crippen LogP contribution in [0.25, 0.3) is 0 Å². The predicted molar refractivity (Wildman–Crippen MR) is 63.3 cm³/mol. The van der Waals surface area contributed by atoms with E-state index >= 15 is 0 Å². The molecule has 0 aromatic carbocycles. The van der Waals surface area contributed by atoms with Gasteiger partial charge in [-0.1, -0.05) is 13.8 Å². The topological polar surface area (TPSA) is 113 Å². The maximum atomic E-state index is 11.9. The van der Waals surface area contributed by atoms with E-state index < -0.39 is 17.0 Å². The van der Waals surface area contributed by atoms with Crippen LogP contribution in [-0.4, -0.2) is 40.8 Å². The van der Waals surface area contributed by atoms with Gasteiger partial charge in [0.25, 0.3) is 0 Å². The van der Waals surface area contributed by atoms with Crippen LogP contribution in [0.5, 0.6) is 0 Å². The number of rotatable bonds is 7. The minimum atomic E-state index is -1.96. The van der Waals surface area contributed by atoms with E-state index in [-0.39, 0.29) is 19.0 Å². The number of aliphatic carboxylic acids is 1. The summed E-state index contributed by atoms with van der Waals surface area (Å²) >= 11 is 0. The van der Waals surface area contributed by atoms with Crippen molar-refractivity contribution in [2.75, 3.05) is 13.1 Å². The van der Waals surface area contributed by atoms with Crippen LogP contribution in [0, 0.1) is 5.41 Å². The number of nitrogens with two attached hydrogens (primary N) is 1. The largest absolute Gasteiger partial charge is 0.479 e. The van der Waals surface area contributed by atoms with E-state index in [2.05, 4.69) is 5.32 Å². The van der Waals surface area contributed by atoms with Gasteiger partial charge in [0.15, 0.2) is 5.60 Å². The Bertz CT molecular complexity index is 277. The monoisotopic (exact) mass is 246 g/mol. The third-order valence-electron chi connectivity index (χ3n) is 3.28. The summed E-state index contributed by atoms with van der Waals surface area (Å²) in [5.41, 5.74) is 2.94. The van der Waals surface area contributed by atoms with Crippen LogP contribution < -0.4 is 11.1 Å². The van der Waals surface area contributed by atoms with Gasteiger partial charge in [-0.3, -0.25) is 4.79 Å². The predicted octanol–water partition coefficient (Wildman–Crippen LogP) is -0.297. The van der Waals surface area contributed by atoms with E-state index in [1.165, 1.54) is 0 Å². The lowest BCUT2D eigenvalue weighted by Gasteiger charge is -2.30. The summed E-state index contributed by atoms with van der Waals surface area (Å²) in [4.78, 5) is 22.6. The SMILES string of the molecule is CCC(CC)(CN)C(=O)NCC(C)(O)C(=O)O. The lowest BCUT2D eigenvalue weighted by Crippen LogP contribution is -2.52. The molecule has 1 atom stereocenters. The molecule has 6 heteroatoms. The summed E-state index contributed by atoms with van der Waals surface area (Å²) in [6, 6.07) is 0. The Morgan fingerprint density at radius 3 is 2.06 bits per heavy atom. The molecule has 0 saturated carbocycles. The van der Waals surface area contributed by atoms with Crippen LogP contribution in [0.1, 0.15) is 33.6 Å². The summed E-state index contributed by atoms with van der Waals surface area (Å²) in [6.07, 6.45) is 1.14. The lowest BCUT2D eigenvalue weighted by atomic mass is 9.81. The quantitative estimate of drug-likeness (QED) is 0.493. The van der Waals surface area contributed by atoms with Crippen molar-refractivity contribution in [3.63, 3.8) is 0 Å². The lowest BCUT2D eigenvalue weighted by molar-refractivity contribution is -0.156. The number of aliphatic hydroxyl groups is 1. The van der Waals surface area contributed by atoms with Crippen molar-refractivity contribution >= 4 is 11.9 Å². The second-order valence-corrected chi connectivity index (χ2v) is 4.45. The zero-order valence-corrected chi connectivity index (χ0v) is 10.6. The molecule has 0 aliphatic heterocycles. The highest BCUT2D eigenvalue weighted by atomic mass is 16.4. The van der Waals surface area contributed by atoms with Crippen molar-refractivity contribution < 1.29 is 19.8 Å². The van der Waals surface area contributed by atoms with Crippen LogP contribution in [0.4, 0.5) is 0 Å². The molecule has 0 aromatic rings. The van der Waals surface area contributed by atoms with Crippen molar-refractivity contribution in [3.8, 4) is 0 Å². The summed E-state index contributed by atoms with van der Waals surface area (Å²) in [7, 11) is 0. The zero-order valence-electron chi connectivity index (χ0n) is 10.6. The van der Waals surface area contributed by atoms with Gasteiger partial charge in [-0.2, -0.15) is 0 Å². The van der Waals surface area contributed by atoms with E-state index in [4.69, 9.17) is 10.8 Å². The van der Waals surface area contributed by atoms with Gasteiger partial charge in [-0.15, -0.1) is 0 Å². The van der Waals surface area contributed by atoms with Gasteiger partial charge >= 0.3 is 5.97 Å². The molecule has 0 radical (unpaired) electrons. The first-order valence-electron chi connectivity index (χ1n) is 5.70. The van der Waals surface area contributed by atoms with Gasteiger partial charge in [0.2, 0.25) is 5.91 Å². The molecule has 0 heterocycles. The molecule has 100 valence electrons. The van der Waals surface area contributed by atoms with Crippen LogP contribution in [0.15, 0.2) is 0 Å². The Hall–Kier alpha value is -1.14. The second-order valence-electron chi connectivity index (χ2n) is 4.45. The van der Waals surface area contributed by atoms with Crippen LogP contribution in [0.2, 0.25) is 0 Å². The van der Waals surface area contributed by atoms with E-state index in [0.29, 0.717) is 12.8 Å². The van der Waals surface area contributed by atoms with Crippen molar-refractivity contribution in [2.45, 2.75) is 39.2 Å². The molecule has 0 aromatic heterocycles. The highest BCUT2D eigenvalue weighted by molar-refractivity contribution is 5.84. The summed E-state index contributed by atoms with van der Waals surface area (Å²) in [5.74, 6) is -1.68. The highest BCUT2D eigenvalue weighted by Crippen LogP contribution is 2.25. The molecular formula is C11H22N2O4. The van der Waals surface area contributed by atoms with Crippen molar-refractivity contribution in [3.05, 3.63) is 0 Å². The van der Waals surface area contributed by atoms with Gasteiger partial charge in [0.05, 0.1) is 12.0 Å². The average molecular weight is 246 g/mol. The number of carbonyl (C=O) groups excluding carboxylic acids is 1. The van der Waals surface area contributed by atoms with Crippen LogP contribution in [-0.2, 0) is 9.59 Å². The molecule has 0 spiro atoms. The van der Waals surface area contributed by atoms with Gasteiger partial charge in [0, 0.05) is 6.54 Å². The molecular weight excluding hydrogens is 224 g/mol. The second kappa shape index (κ2) is 5.97. The maximum absolute atomic E-state index is 11.9. The smallest absolute Gasteiger partial charge is 0.337 e. The molecule has 0 aliphatic rings. The molecule has 0 aliphatic carbocycles. The average Bonchev–Trinajstić information content (AvgIpc) is 2.29. The zero-order chi connectivity index (χ0) is 13.7. The summed E-state index contributed by atoms with van der Waals surface area (Å²) in [5, 5.41) is 20.6. The maximum Gasteiger partial charge on any atom is 0.337 e. The third kappa shape index (κ3) is 3.67. The molecule has 1 amide bonds. The molecule has 5 N–H and O–H groups in total. The number of nitrogens with one attached hydrogen (secondary N) is 1. The molecule has 0 fully saturated rings. The minimum absolute atomic E-state index is 0.195. The number of carboxylic acid groups (broad SMARTS) is 1. The molecule has 0 bridgehead atoms. The molecule has 6 nitrogen and oxygen atoms in total. The van der Waals surface area contributed by atoms with Gasteiger partial charge < -0.3 is 21.3 Å². The van der Waals surface area contributed by atoms with Gasteiger partial charge in [-0.25, -0.2) is 4.79 Å². The first-order valence-corrected chi connectivity index (χ1v) is 5.70. The minimum Gasteiger partial charge on any atom is -0.479 e. The number of hydrogen-bond acceptors (Lipinski definition) is 4. The fourth-order valence-corrected chi connectivity index (χ4v) is 1.47. The molecule has 0 saturated heterocycles. The van der Waals surface area contributed by atoms with Crippen molar-refractivity contribution in [1.82, 2.24) is 5.32 Å². The number of carbonyl (C=O) groups is 2. The fraction of sp³-hybridized carbons (Fsp3) is 0.818. The van der Waals surface area contributed by atoms with Crippen LogP contribution >= 0.6 is 0 Å². The fourth-order valence-electron chi connectivity index (χ4n) is 1.47. The summed E-state index contributed by atoms with van der Waals surface area (Å²) < 4.78 is 0. The van der Waals surface area contributed by atoms with Gasteiger partial charge in [-0.05, 0) is 19.8 Å². The van der Waals surface area contributed by atoms with Crippen LogP contribution in [0.3, 0.4) is 0 Å². The number of hydrogen-bond donors (Lipinski definition) is 4. The van der Waals surface area contributed by atoms with Crippen molar-refractivity contribution in [2.24, 2.45) is 11.1 Å². The Morgan fingerprint density at radius 2 is 1.76 bits per heavy atom. The number of carboxylic acids is 1. The van der Waals surface area contributed by atoms with E-state index in [1.54, 1.807) is 0 Å². The van der Waals surface area contributed by atoms with E-state index in [0.717, 1.165) is 6.92 Å². The third-order valence-corrected chi connectivity index (χ3v) is 3.28. The normalized spacial score (nSPS) is 15.1. The first kappa shape index (κ1) is 15.9. The Kier molecular flexibility index (Phi) is 5.57. The molecule has 17 heavy (non-hydrogen) atoms. The van der Waals surface area contributed by atoms with Gasteiger partial charge in [0.1, 0.15) is 0 Å². The molecule has 1 unspecified atom stereocenters. The number of amides is 1. The van der Waals surface area contributed by atoms with E-state index in [9.17, 15) is 14.7 Å². The standard InChI is InChI=1S/C11H22N2O4/c1-4-11(5-2,6-12)8(14)13-7-10(3,17)9(15)16/h17H,4-7,12H2,1-3H3,(H,13,14)(H,15,16). The Labute approximate surface area is 101 Å². The Balaban J connectivity index is 4.60. The molecule has 0 rings (SSSR count). The summed E-state index contributed by atoms with van der Waals surface area (Å²) in [6.45, 7) is 4.71.